The number of hydrogen-bond donors (Lipinski definition) is 1. The average molecular weight is 266 g/mol. The van der Waals surface area contributed by atoms with E-state index in [0.29, 0.717) is 5.54 Å². The van der Waals surface area contributed by atoms with Gasteiger partial charge in [-0.25, -0.2) is 0 Å². The van der Waals surface area contributed by atoms with Gasteiger partial charge in [0.1, 0.15) is 0 Å². The molecule has 2 nitrogen and oxygen atoms in total. The molecule has 2 rings (SSSR count). The van der Waals surface area contributed by atoms with Crippen molar-refractivity contribution in [1.82, 2.24) is 10.2 Å². The van der Waals surface area contributed by atoms with Crippen LogP contribution in [0.15, 0.2) is 0 Å². The van der Waals surface area contributed by atoms with Gasteiger partial charge in [0, 0.05) is 25.2 Å². The smallest absolute Gasteiger partial charge is 0.0309 e. The van der Waals surface area contributed by atoms with Crippen molar-refractivity contribution in [1.29, 1.82) is 0 Å². The van der Waals surface area contributed by atoms with Crippen LogP contribution in [0.3, 0.4) is 0 Å². The Bertz CT molecular complexity index is 250. The quantitative estimate of drug-likeness (QED) is 0.638. The SMILES string of the molecule is CCCCCCCCCN1CCNC(C)(C2CC2)C1. The third-order valence-electron chi connectivity index (χ3n) is 5.07. The summed E-state index contributed by atoms with van der Waals surface area (Å²) in [4.78, 5) is 2.71. The molecule has 2 fully saturated rings. The van der Waals surface area contributed by atoms with Crippen molar-refractivity contribution in [2.24, 2.45) is 5.92 Å². The highest BCUT2D eigenvalue weighted by molar-refractivity contribution is 5.01. The standard InChI is InChI=1S/C17H34N2/c1-3-4-5-6-7-8-9-13-19-14-12-18-17(2,15-19)16-10-11-16/h16,18H,3-15H2,1-2H3. The molecule has 0 amide bonds. The van der Waals surface area contributed by atoms with Gasteiger partial charge >= 0.3 is 0 Å². The average Bonchev–Trinajstić information content (AvgIpc) is 3.22. The number of unbranched alkanes of at least 4 members (excludes halogenated alkanes) is 6. The topological polar surface area (TPSA) is 15.3 Å². The first kappa shape index (κ1) is 15.3. The van der Waals surface area contributed by atoms with Crippen molar-refractivity contribution in [2.45, 2.75) is 77.2 Å². The summed E-state index contributed by atoms with van der Waals surface area (Å²) in [5, 5.41) is 3.77. The fraction of sp³-hybridized carbons (Fsp3) is 1.00. The first-order valence-corrected chi connectivity index (χ1v) is 8.72. The van der Waals surface area contributed by atoms with Crippen molar-refractivity contribution in [3.05, 3.63) is 0 Å². The third kappa shape index (κ3) is 5.07. The Hall–Kier alpha value is -0.0800. The fourth-order valence-corrected chi connectivity index (χ4v) is 3.58. The zero-order chi connectivity index (χ0) is 13.6. The molecule has 1 N–H and O–H groups in total. The summed E-state index contributed by atoms with van der Waals surface area (Å²) in [5.41, 5.74) is 0.430. The minimum Gasteiger partial charge on any atom is -0.309 e. The van der Waals surface area contributed by atoms with Crippen LogP contribution in [0.2, 0.25) is 0 Å². The van der Waals surface area contributed by atoms with E-state index in [9.17, 15) is 0 Å². The van der Waals surface area contributed by atoms with Crippen LogP contribution in [-0.4, -0.2) is 36.6 Å². The summed E-state index contributed by atoms with van der Waals surface area (Å²) in [5.74, 6) is 0.962. The lowest BCUT2D eigenvalue weighted by Crippen LogP contribution is -2.60. The van der Waals surface area contributed by atoms with Crippen LogP contribution >= 0.6 is 0 Å². The normalized spacial score (nSPS) is 28.7. The van der Waals surface area contributed by atoms with E-state index in [2.05, 4.69) is 24.1 Å². The lowest BCUT2D eigenvalue weighted by molar-refractivity contribution is 0.125. The van der Waals surface area contributed by atoms with Gasteiger partial charge in [-0.15, -0.1) is 0 Å². The Morgan fingerprint density at radius 2 is 1.74 bits per heavy atom. The lowest BCUT2D eigenvalue weighted by atomic mass is 9.93. The van der Waals surface area contributed by atoms with E-state index >= 15 is 0 Å². The minimum absolute atomic E-state index is 0.430. The number of piperazine rings is 1. The van der Waals surface area contributed by atoms with Crippen molar-refractivity contribution in [3.63, 3.8) is 0 Å². The van der Waals surface area contributed by atoms with Crippen LogP contribution in [0.1, 0.15) is 71.6 Å². The van der Waals surface area contributed by atoms with Crippen LogP contribution in [-0.2, 0) is 0 Å². The molecule has 0 aromatic rings. The van der Waals surface area contributed by atoms with E-state index in [0.717, 1.165) is 5.92 Å². The first-order valence-electron chi connectivity index (χ1n) is 8.72. The molecule has 1 saturated heterocycles. The van der Waals surface area contributed by atoms with Gasteiger partial charge in [0.2, 0.25) is 0 Å². The van der Waals surface area contributed by atoms with Gasteiger partial charge in [0.25, 0.3) is 0 Å². The second-order valence-corrected chi connectivity index (χ2v) is 7.02. The van der Waals surface area contributed by atoms with E-state index in [1.807, 2.05) is 0 Å². The summed E-state index contributed by atoms with van der Waals surface area (Å²) in [7, 11) is 0. The van der Waals surface area contributed by atoms with E-state index in [4.69, 9.17) is 0 Å². The van der Waals surface area contributed by atoms with Crippen molar-refractivity contribution in [3.8, 4) is 0 Å². The van der Waals surface area contributed by atoms with Crippen LogP contribution in [0.25, 0.3) is 0 Å². The fourth-order valence-electron chi connectivity index (χ4n) is 3.58. The third-order valence-corrected chi connectivity index (χ3v) is 5.07. The second-order valence-electron chi connectivity index (χ2n) is 7.02. The molecule has 112 valence electrons. The Morgan fingerprint density at radius 1 is 1.05 bits per heavy atom. The molecule has 0 bridgehead atoms. The predicted molar refractivity (Wildman–Crippen MR) is 83.6 cm³/mol. The molecule has 19 heavy (non-hydrogen) atoms. The van der Waals surface area contributed by atoms with Crippen LogP contribution in [0, 0.1) is 5.92 Å². The largest absolute Gasteiger partial charge is 0.309 e. The molecule has 0 aromatic heterocycles. The molecule has 0 aromatic carbocycles. The first-order chi connectivity index (χ1) is 9.24. The highest BCUT2D eigenvalue weighted by Crippen LogP contribution is 2.40. The van der Waals surface area contributed by atoms with E-state index in [1.54, 1.807) is 0 Å². The van der Waals surface area contributed by atoms with Gasteiger partial charge in [-0.2, -0.15) is 0 Å². The molecular weight excluding hydrogens is 232 g/mol. The maximum absolute atomic E-state index is 3.77. The molecule has 1 aliphatic heterocycles. The molecule has 0 spiro atoms. The van der Waals surface area contributed by atoms with Crippen molar-refractivity contribution in [2.75, 3.05) is 26.2 Å². The Kier molecular flexibility index (Phi) is 6.15. The monoisotopic (exact) mass is 266 g/mol. The number of hydrogen-bond acceptors (Lipinski definition) is 2. The maximum Gasteiger partial charge on any atom is 0.0309 e. The van der Waals surface area contributed by atoms with Gasteiger partial charge in [0.15, 0.2) is 0 Å². The van der Waals surface area contributed by atoms with E-state index < -0.39 is 0 Å². The van der Waals surface area contributed by atoms with Gasteiger partial charge in [-0.05, 0) is 38.6 Å². The van der Waals surface area contributed by atoms with Crippen molar-refractivity contribution < 1.29 is 0 Å². The molecule has 2 aliphatic rings. The highest BCUT2D eigenvalue weighted by Gasteiger charge is 2.43. The molecular formula is C17H34N2. The highest BCUT2D eigenvalue weighted by atomic mass is 15.2. The van der Waals surface area contributed by atoms with Crippen LogP contribution in [0.5, 0.6) is 0 Å². The Morgan fingerprint density at radius 3 is 2.42 bits per heavy atom. The molecule has 2 heteroatoms. The number of rotatable bonds is 9. The molecule has 1 atom stereocenters. The van der Waals surface area contributed by atoms with Crippen molar-refractivity contribution >= 4 is 0 Å². The Labute approximate surface area is 120 Å². The van der Waals surface area contributed by atoms with E-state index in [1.165, 1.54) is 84.0 Å². The molecule has 1 aliphatic carbocycles. The van der Waals surface area contributed by atoms with Gasteiger partial charge < -0.3 is 10.2 Å². The summed E-state index contributed by atoms with van der Waals surface area (Å²) >= 11 is 0. The van der Waals surface area contributed by atoms with Gasteiger partial charge in [-0.1, -0.05) is 45.4 Å². The van der Waals surface area contributed by atoms with E-state index in [-0.39, 0.29) is 0 Å². The molecule has 1 unspecified atom stereocenters. The number of nitrogens with zero attached hydrogens (tertiary/aromatic N) is 1. The zero-order valence-electron chi connectivity index (χ0n) is 13.2. The van der Waals surface area contributed by atoms with Gasteiger partial charge in [-0.3, -0.25) is 0 Å². The second kappa shape index (κ2) is 7.64. The Balaban J connectivity index is 1.53. The summed E-state index contributed by atoms with van der Waals surface area (Å²) in [6, 6.07) is 0. The predicted octanol–water partition coefficient (Wildman–Crippen LogP) is 3.81. The molecule has 1 heterocycles. The summed E-state index contributed by atoms with van der Waals surface area (Å²) < 4.78 is 0. The number of nitrogens with one attached hydrogen (secondary N) is 1. The maximum atomic E-state index is 3.77. The lowest BCUT2D eigenvalue weighted by Gasteiger charge is -2.42. The summed E-state index contributed by atoms with van der Waals surface area (Å²) in [6.45, 7) is 9.82. The minimum atomic E-state index is 0.430. The van der Waals surface area contributed by atoms with Crippen LogP contribution in [0.4, 0.5) is 0 Å². The summed E-state index contributed by atoms with van der Waals surface area (Å²) in [6.07, 6.45) is 12.9. The molecule has 1 saturated carbocycles. The molecule has 0 radical (unpaired) electrons. The van der Waals surface area contributed by atoms with Gasteiger partial charge in [0.05, 0.1) is 0 Å². The van der Waals surface area contributed by atoms with Crippen LogP contribution < -0.4 is 5.32 Å². The zero-order valence-corrected chi connectivity index (χ0v) is 13.2.